The first-order chi connectivity index (χ1) is 9.40. The summed E-state index contributed by atoms with van der Waals surface area (Å²) in [6.07, 6.45) is 0.865. The van der Waals surface area contributed by atoms with Gasteiger partial charge < -0.3 is 5.11 Å². The summed E-state index contributed by atoms with van der Waals surface area (Å²) in [5.41, 5.74) is 1.10. The van der Waals surface area contributed by atoms with Gasteiger partial charge >= 0.3 is 5.97 Å². The van der Waals surface area contributed by atoms with Crippen molar-refractivity contribution in [3.05, 3.63) is 51.0 Å². The molecule has 7 heteroatoms. The summed E-state index contributed by atoms with van der Waals surface area (Å²) in [4.78, 5) is 14.4. The van der Waals surface area contributed by atoms with Crippen molar-refractivity contribution in [1.82, 2.24) is 4.98 Å². The van der Waals surface area contributed by atoms with Crippen LogP contribution in [0.3, 0.4) is 0 Å². The van der Waals surface area contributed by atoms with Crippen molar-refractivity contribution in [3.8, 4) is 11.1 Å². The van der Waals surface area contributed by atoms with Gasteiger partial charge in [-0.25, -0.2) is 4.98 Å². The molecule has 0 amide bonds. The van der Waals surface area contributed by atoms with Crippen LogP contribution in [0.25, 0.3) is 11.1 Å². The molecule has 1 heterocycles. The van der Waals surface area contributed by atoms with Crippen LogP contribution in [-0.2, 0) is 11.2 Å². The monoisotopic (exact) mass is 333 g/mol. The number of aromatic nitrogens is 1. The average Bonchev–Trinajstić information content (AvgIpc) is 2.37. The zero-order valence-electron chi connectivity index (χ0n) is 9.83. The normalized spacial score (nSPS) is 10.6. The van der Waals surface area contributed by atoms with Crippen LogP contribution < -0.4 is 0 Å². The fourth-order valence-electron chi connectivity index (χ4n) is 1.75. The van der Waals surface area contributed by atoms with Gasteiger partial charge in [-0.1, -0.05) is 40.9 Å². The molecular formula is C13H7Cl3FNO2. The van der Waals surface area contributed by atoms with E-state index >= 15 is 0 Å². The highest BCUT2D eigenvalue weighted by molar-refractivity contribution is 6.49. The van der Waals surface area contributed by atoms with E-state index in [0.717, 1.165) is 6.07 Å². The molecule has 0 unspecified atom stereocenters. The molecule has 0 aliphatic heterocycles. The van der Waals surface area contributed by atoms with E-state index in [4.69, 9.17) is 39.9 Å². The lowest BCUT2D eigenvalue weighted by molar-refractivity contribution is -0.136. The van der Waals surface area contributed by atoms with E-state index in [1.165, 1.54) is 12.3 Å². The molecule has 0 bridgehead atoms. The van der Waals surface area contributed by atoms with E-state index in [0.29, 0.717) is 11.1 Å². The van der Waals surface area contributed by atoms with Gasteiger partial charge in [-0.2, -0.15) is 4.39 Å². The SMILES string of the molecule is O=C(O)Cc1cc(F)ncc1-c1ccc(Cl)c(Cl)c1Cl. The lowest BCUT2D eigenvalue weighted by Crippen LogP contribution is -2.03. The van der Waals surface area contributed by atoms with Gasteiger partial charge in [0.15, 0.2) is 0 Å². The second-order valence-corrected chi connectivity index (χ2v) is 5.12. The zero-order valence-corrected chi connectivity index (χ0v) is 12.1. The minimum Gasteiger partial charge on any atom is -0.481 e. The summed E-state index contributed by atoms with van der Waals surface area (Å²) in [6, 6.07) is 4.16. The van der Waals surface area contributed by atoms with Gasteiger partial charge in [0, 0.05) is 17.3 Å². The molecule has 0 aliphatic rings. The van der Waals surface area contributed by atoms with Gasteiger partial charge in [-0.3, -0.25) is 4.79 Å². The highest BCUT2D eigenvalue weighted by atomic mass is 35.5. The van der Waals surface area contributed by atoms with Crippen LogP contribution in [0.4, 0.5) is 4.39 Å². The first-order valence-electron chi connectivity index (χ1n) is 5.40. The summed E-state index contributed by atoms with van der Waals surface area (Å²) in [5.74, 6) is -1.85. The van der Waals surface area contributed by atoms with Crippen LogP contribution >= 0.6 is 34.8 Å². The summed E-state index contributed by atoms with van der Waals surface area (Å²) in [7, 11) is 0. The minimum absolute atomic E-state index is 0.149. The number of carboxylic acids is 1. The molecule has 0 aliphatic carbocycles. The number of hydrogen-bond acceptors (Lipinski definition) is 2. The second kappa shape index (κ2) is 5.95. The third-order valence-corrected chi connectivity index (χ3v) is 3.92. The maximum Gasteiger partial charge on any atom is 0.307 e. The van der Waals surface area contributed by atoms with Crippen LogP contribution in [0.1, 0.15) is 5.56 Å². The summed E-state index contributed by atoms with van der Waals surface area (Å²) < 4.78 is 13.2. The van der Waals surface area contributed by atoms with Gasteiger partial charge in [0.1, 0.15) is 0 Å². The summed E-state index contributed by atoms with van der Waals surface area (Å²) in [5, 5.41) is 9.46. The third-order valence-electron chi connectivity index (χ3n) is 2.62. The van der Waals surface area contributed by atoms with Crippen LogP contribution in [0.15, 0.2) is 24.4 Å². The van der Waals surface area contributed by atoms with Crippen molar-refractivity contribution in [2.75, 3.05) is 0 Å². The van der Waals surface area contributed by atoms with Gasteiger partial charge in [0.05, 0.1) is 21.5 Å². The van der Waals surface area contributed by atoms with Gasteiger partial charge in [-0.05, 0) is 17.7 Å². The van der Waals surface area contributed by atoms with Crippen molar-refractivity contribution in [2.24, 2.45) is 0 Å². The van der Waals surface area contributed by atoms with Crippen LogP contribution in [0.2, 0.25) is 15.1 Å². The highest BCUT2D eigenvalue weighted by Crippen LogP contribution is 2.39. The number of carboxylic acid groups (broad SMARTS) is 1. The van der Waals surface area contributed by atoms with E-state index in [1.807, 2.05) is 0 Å². The van der Waals surface area contributed by atoms with Gasteiger partial charge in [0.2, 0.25) is 5.95 Å². The lowest BCUT2D eigenvalue weighted by atomic mass is 10.00. The number of hydrogen-bond donors (Lipinski definition) is 1. The Hall–Kier alpha value is -1.36. The Labute approximate surface area is 128 Å². The minimum atomic E-state index is -1.09. The fraction of sp³-hybridized carbons (Fsp3) is 0.0769. The van der Waals surface area contributed by atoms with Crippen molar-refractivity contribution < 1.29 is 14.3 Å². The molecule has 0 fully saturated rings. The summed E-state index contributed by atoms with van der Waals surface area (Å²) in [6.45, 7) is 0. The molecule has 2 rings (SSSR count). The van der Waals surface area contributed by atoms with Crippen molar-refractivity contribution >= 4 is 40.8 Å². The Morgan fingerprint density at radius 1 is 1.20 bits per heavy atom. The molecular weight excluding hydrogens is 328 g/mol. The first-order valence-corrected chi connectivity index (χ1v) is 6.53. The number of benzene rings is 1. The molecule has 0 saturated heterocycles. The Kier molecular flexibility index (Phi) is 4.48. The number of rotatable bonds is 3. The van der Waals surface area contributed by atoms with Gasteiger partial charge in [0.25, 0.3) is 0 Å². The van der Waals surface area contributed by atoms with Crippen LogP contribution in [0.5, 0.6) is 0 Å². The molecule has 1 N–H and O–H groups in total. The molecule has 3 nitrogen and oxygen atoms in total. The maximum atomic E-state index is 13.2. The van der Waals surface area contributed by atoms with Crippen molar-refractivity contribution in [1.29, 1.82) is 0 Å². The van der Waals surface area contributed by atoms with Crippen molar-refractivity contribution in [3.63, 3.8) is 0 Å². The van der Waals surface area contributed by atoms with E-state index < -0.39 is 11.9 Å². The molecule has 1 aromatic carbocycles. The average molecular weight is 335 g/mol. The molecule has 0 saturated carbocycles. The maximum absolute atomic E-state index is 13.2. The Morgan fingerprint density at radius 3 is 2.55 bits per heavy atom. The number of nitrogens with zero attached hydrogens (tertiary/aromatic N) is 1. The lowest BCUT2D eigenvalue weighted by Gasteiger charge is -2.11. The Morgan fingerprint density at radius 2 is 1.90 bits per heavy atom. The predicted octanol–water partition coefficient (Wildman–Crippen LogP) is 4.48. The quantitative estimate of drug-likeness (QED) is 0.665. The topological polar surface area (TPSA) is 50.2 Å². The number of aliphatic carboxylic acids is 1. The second-order valence-electron chi connectivity index (χ2n) is 3.96. The highest BCUT2D eigenvalue weighted by Gasteiger charge is 2.16. The zero-order chi connectivity index (χ0) is 14.9. The molecule has 1 aromatic heterocycles. The molecule has 2 aromatic rings. The molecule has 0 radical (unpaired) electrons. The molecule has 20 heavy (non-hydrogen) atoms. The van der Waals surface area contributed by atoms with E-state index in [1.54, 1.807) is 6.07 Å². The van der Waals surface area contributed by atoms with Crippen LogP contribution in [-0.4, -0.2) is 16.1 Å². The van der Waals surface area contributed by atoms with E-state index in [2.05, 4.69) is 4.98 Å². The standard InChI is InChI=1S/C13H7Cl3FNO2/c14-9-2-1-7(12(15)13(9)16)8-5-18-10(17)3-6(8)4-11(19)20/h1-3,5H,4H2,(H,19,20). The molecule has 0 spiro atoms. The number of pyridine rings is 1. The first kappa shape index (κ1) is 15.0. The number of carbonyl (C=O) groups is 1. The van der Waals surface area contributed by atoms with Crippen LogP contribution in [0, 0.1) is 5.95 Å². The predicted molar refractivity (Wildman–Crippen MR) is 76.0 cm³/mol. The largest absolute Gasteiger partial charge is 0.481 e. The van der Waals surface area contributed by atoms with E-state index in [9.17, 15) is 9.18 Å². The third kappa shape index (κ3) is 3.03. The van der Waals surface area contributed by atoms with Crippen molar-refractivity contribution in [2.45, 2.75) is 6.42 Å². The van der Waals surface area contributed by atoms with Gasteiger partial charge in [-0.15, -0.1) is 0 Å². The summed E-state index contributed by atoms with van der Waals surface area (Å²) >= 11 is 17.9. The number of halogens is 4. The Balaban J connectivity index is 2.63. The Bertz CT molecular complexity index is 692. The molecule has 104 valence electrons. The molecule has 0 atom stereocenters. The smallest absolute Gasteiger partial charge is 0.307 e. The fourth-order valence-corrected chi connectivity index (χ4v) is 2.39. The van der Waals surface area contributed by atoms with E-state index in [-0.39, 0.29) is 27.1 Å².